The van der Waals surface area contributed by atoms with Crippen LogP contribution in [0, 0.1) is 11.3 Å². The van der Waals surface area contributed by atoms with Crippen molar-refractivity contribution in [3.63, 3.8) is 0 Å². The molecule has 0 aliphatic carbocycles. The Kier molecular flexibility index (Phi) is 4.39. The molecule has 1 fully saturated rings. The summed E-state index contributed by atoms with van der Waals surface area (Å²) in [5.41, 5.74) is 0.241. The molecular formula is C12H24O2. The molecule has 1 heterocycles. The molecule has 0 spiro atoms. The van der Waals surface area contributed by atoms with E-state index in [0.29, 0.717) is 5.92 Å². The van der Waals surface area contributed by atoms with Crippen molar-refractivity contribution in [1.82, 2.24) is 0 Å². The Morgan fingerprint density at radius 3 is 2.36 bits per heavy atom. The van der Waals surface area contributed by atoms with Crippen molar-refractivity contribution in [3.8, 4) is 0 Å². The SMILES string of the molecule is CC(C)(C)CC(O)CC1CCOCC1. The number of aliphatic hydroxyl groups is 1. The van der Waals surface area contributed by atoms with Gasteiger partial charge in [-0.25, -0.2) is 0 Å². The quantitative estimate of drug-likeness (QED) is 0.759. The van der Waals surface area contributed by atoms with Crippen LogP contribution in [-0.2, 0) is 4.74 Å². The van der Waals surface area contributed by atoms with E-state index in [9.17, 15) is 5.11 Å². The molecule has 2 heteroatoms. The summed E-state index contributed by atoms with van der Waals surface area (Å²) in [6.07, 6.45) is 3.99. The smallest absolute Gasteiger partial charge is 0.0547 e. The highest BCUT2D eigenvalue weighted by molar-refractivity contribution is 4.73. The first-order valence-electron chi connectivity index (χ1n) is 5.73. The van der Waals surface area contributed by atoms with E-state index in [2.05, 4.69) is 20.8 Å². The topological polar surface area (TPSA) is 29.5 Å². The van der Waals surface area contributed by atoms with E-state index in [1.165, 1.54) is 0 Å². The van der Waals surface area contributed by atoms with Crippen LogP contribution in [0.1, 0.15) is 46.5 Å². The summed E-state index contributed by atoms with van der Waals surface area (Å²) < 4.78 is 5.30. The van der Waals surface area contributed by atoms with Crippen LogP contribution in [0.4, 0.5) is 0 Å². The molecule has 0 aromatic carbocycles. The van der Waals surface area contributed by atoms with Gasteiger partial charge in [0.15, 0.2) is 0 Å². The average Bonchev–Trinajstić information content (AvgIpc) is 2.02. The van der Waals surface area contributed by atoms with E-state index in [-0.39, 0.29) is 11.5 Å². The van der Waals surface area contributed by atoms with E-state index < -0.39 is 0 Å². The van der Waals surface area contributed by atoms with Gasteiger partial charge in [0.05, 0.1) is 6.10 Å². The predicted molar refractivity (Wildman–Crippen MR) is 58.2 cm³/mol. The maximum Gasteiger partial charge on any atom is 0.0547 e. The highest BCUT2D eigenvalue weighted by Crippen LogP contribution is 2.27. The van der Waals surface area contributed by atoms with E-state index >= 15 is 0 Å². The second kappa shape index (κ2) is 5.13. The van der Waals surface area contributed by atoms with Crippen molar-refractivity contribution in [2.75, 3.05) is 13.2 Å². The Morgan fingerprint density at radius 2 is 1.86 bits per heavy atom. The minimum atomic E-state index is -0.127. The normalized spacial score (nSPS) is 22.3. The van der Waals surface area contributed by atoms with E-state index in [1.54, 1.807) is 0 Å². The number of aliphatic hydroxyl groups excluding tert-OH is 1. The first-order valence-corrected chi connectivity index (χ1v) is 5.73. The second-order valence-electron chi connectivity index (χ2n) is 5.71. The largest absolute Gasteiger partial charge is 0.393 e. The van der Waals surface area contributed by atoms with Crippen LogP contribution in [0.15, 0.2) is 0 Å². The minimum absolute atomic E-state index is 0.127. The van der Waals surface area contributed by atoms with Gasteiger partial charge in [0.1, 0.15) is 0 Å². The van der Waals surface area contributed by atoms with Crippen molar-refractivity contribution in [2.45, 2.75) is 52.6 Å². The predicted octanol–water partition coefficient (Wildman–Crippen LogP) is 2.60. The van der Waals surface area contributed by atoms with Gasteiger partial charge in [-0.1, -0.05) is 20.8 Å². The van der Waals surface area contributed by atoms with Crippen molar-refractivity contribution in [2.24, 2.45) is 11.3 Å². The molecule has 0 aromatic rings. The molecule has 84 valence electrons. The average molecular weight is 200 g/mol. The standard InChI is InChI=1S/C12H24O2/c1-12(2,3)9-11(13)8-10-4-6-14-7-5-10/h10-11,13H,4-9H2,1-3H3. The molecule has 2 nitrogen and oxygen atoms in total. The lowest BCUT2D eigenvalue weighted by atomic mass is 9.84. The monoisotopic (exact) mass is 200 g/mol. The van der Waals surface area contributed by atoms with Crippen LogP contribution in [0.25, 0.3) is 0 Å². The Labute approximate surface area is 87.7 Å². The van der Waals surface area contributed by atoms with Gasteiger partial charge >= 0.3 is 0 Å². The van der Waals surface area contributed by atoms with Gasteiger partial charge in [-0.15, -0.1) is 0 Å². The summed E-state index contributed by atoms with van der Waals surface area (Å²) in [4.78, 5) is 0. The molecule has 14 heavy (non-hydrogen) atoms. The van der Waals surface area contributed by atoms with Crippen LogP contribution in [0.5, 0.6) is 0 Å². The van der Waals surface area contributed by atoms with Gasteiger partial charge in [-0.05, 0) is 37.0 Å². The van der Waals surface area contributed by atoms with Crippen molar-refractivity contribution in [3.05, 3.63) is 0 Å². The van der Waals surface area contributed by atoms with Crippen molar-refractivity contribution in [1.29, 1.82) is 0 Å². The van der Waals surface area contributed by atoms with Crippen LogP contribution < -0.4 is 0 Å². The Hall–Kier alpha value is -0.0800. The molecule has 0 saturated carbocycles. The lowest BCUT2D eigenvalue weighted by Crippen LogP contribution is -2.24. The molecular weight excluding hydrogens is 176 g/mol. The summed E-state index contributed by atoms with van der Waals surface area (Å²) in [6, 6.07) is 0. The zero-order valence-electron chi connectivity index (χ0n) is 9.75. The summed E-state index contributed by atoms with van der Waals surface area (Å²) in [6.45, 7) is 8.31. The van der Waals surface area contributed by atoms with Gasteiger partial charge in [0, 0.05) is 13.2 Å². The molecule has 1 saturated heterocycles. The Balaban J connectivity index is 2.21. The Morgan fingerprint density at radius 1 is 1.29 bits per heavy atom. The van der Waals surface area contributed by atoms with Gasteiger partial charge in [0.2, 0.25) is 0 Å². The van der Waals surface area contributed by atoms with E-state index in [0.717, 1.165) is 38.9 Å². The molecule has 0 radical (unpaired) electrons. The maximum atomic E-state index is 9.90. The van der Waals surface area contributed by atoms with Crippen LogP contribution in [0.3, 0.4) is 0 Å². The van der Waals surface area contributed by atoms with E-state index in [1.807, 2.05) is 0 Å². The molecule has 1 atom stereocenters. The maximum absolute atomic E-state index is 9.90. The number of hydrogen-bond acceptors (Lipinski definition) is 2. The first-order chi connectivity index (χ1) is 6.47. The number of ether oxygens (including phenoxy) is 1. The highest BCUT2D eigenvalue weighted by atomic mass is 16.5. The number of rotatable bonds is 3. The fraction of sp³-hybridized carbons (Fsp3) is 1.00. The van der Waals surface area contributed by atoms with Gasteiger partial charge in [-0.2, -0.15) is 0 Å². The van der Waals surface area contributed by atoms with Crippen LogP contribution in [-0.4, -0.2) is 24.4 Å². The summed E-state index contributed by atoms with van der Waals surface area (Å²) in [7, 11) is 0. The fourth-order valence-electron chi connectivity index (χ4n) is 2.16. The first kappa shape index (κ1) is 12.0. The van der Waals surface area contributed by atoms with Gasteiger partial charge < -0.3 is 9.84 Å². The molecule has 0 aromatic heterocycles. The summed E-state index contributed by atoms with van der Waals surface area (Å²) in [5.74, 6) is 0.682. The minimum Gasteiger partial charge on any atom is -0.393 e. The molecule has 1 unspecified atom stereocenters. The van der Waals surface area contributed by atoms with Crippen molar-refractivity contribution < 1.29 is 9.84 Å². The fourth-order valence-corrected chi connectivity index (χ4v) is 2.16. The highest BCUT2D eigenvalue weighted by Gasteiger charge is 2.21. The van der Waals surface area contributed by atoms with Gasteiger partial charge in [-0.3, -0.25) is 0 Å². The zero-order chi connectivity index (χ0) is 10.6. The van der Waals surface area contributed by atoms with E-state index in [4.69, 9.17) is 4.74 Å². The second-order valence-corrected chi connectivity index (χ2v) is 5.71. The molecule has 1 aliphatic rings. The molecule has 0 bridgehead atoms. The lowest BCUT2D eigenvalue weighted by Gasteiger charge is -2.27. The molecule has 1 rings (SSSR count). The third-order valence-corrected chi connectivity index (χ3v) is 2.79. The van der Waals surface area contributed by atoms with Crippen LogP contribution in [0.2, 0.25) is 0 Å². The third-order valence-electron chi connectivity index (χ3n) is 2.79. The van der Waals surface area contributed by atoms with Crippen LogP contribution >= 0.6 is 0 Å². The Bertz CT molecular complexity index is 154. The molecule has 0 amide bonds. The third kappa shape index (κ3) is 4.97. The summed E-state index contributed by atoms with van der Waals surface area (Å²) in [5, 5.41) is 9.90. The van der Waals surface area contributed by atoms with Crippen molar-refractivity contribution >= 4 is 0 Å². The summed E-state index contributed by atoms with van der Waals surface area (Å²) >= 11 is 0. The number of hydrogen-bond donors (Lipinski definition) is 1. The molecule has 1 N–H and O–H groups in total. The molecule has 1 aliphatic heterocycles. The lowest BCUT2D eigenvalue weighted by molar-refractivity contribution is 0.0341. The van der Waals surface area contributed by atoms with Gasteiger partial charge in [0.25, 0.3) is 0 Å². The zero-order valence-corrected chi connectivity index (χ0v) is 9.75.